The summed E-state index contributed by atoms with van der Waals surface area (Å²) in [7, 11) is 0. The van der Waals surface area contributed by atoms with Crippen LogP contribution >= 0.6 is 0 Å². The van der Waals surface area contributed by atoms with E-state index in [-0.39, 0.29) is 0 Å². The maximum atomic E-state index is 5.79. The van der Waals surface area contributed by atoms with Gasteiger partial charge in [0.15, 0.2) is 0 Å². The molecule has 1 atom stereocenters. The topological polar surface area (TPSA) is 12.5 Å². The molecule has 2 nitrogen and oxygen atoms in total. The molecule has 0 aromatic carbocycles. The van der Waals surface area contributed by atoms with Crippen LogP contribution in [0, 0.1) is 5.92 Å². The number of ether oxygens (including phenoxy) is 1. The highest BCUT2D eigenvalue weighted by Crippen LogP contribution is 2.44. The molecule has 0 aromatic heterocycles. The molecule has 0 aliphatic heterocycles. The second-order valence-corrected chi connectivity index (χ2v) is 4.82. The SMILES string of the molecule is C=CCN(CC=C)C1=C2CCC[C@H]2C(OCC)=C1. The molecule has 2 rings (SSSR count). The fourth-order valence-electron chi connectivity index (χ4n) is 2.98. The predicted molar refractivity (Wildman–Crippen MR) is 76.0 cm³/mol. The minimum absolute atomic E-state index is 0.539. The standard InChI is InChI=1S/C16H23NO/c1-4-10-17(11-5-2)15-12-16(18-6-3)14-9-7-8-13(14)15/h4-5,12,14H,1-2,6-11H2,3H3/t14-/m1/s1. The molecule has 2 heteroatoms. The summed E-state index contributed by atoms with van der Waals surface area (Å²) in [5.74, 6) is 1.70. The van der Waals surface area contributed by atoms with Crippen LogP contribution < -0.4 is 0 Å². The Morgan fingerprint density at radius 3 is 2.72 bits per heavy atom. The number of hydrogen-bond acceptors (Lipinski definition) is 2. The molecule has 98 valence electrons. The number of hydrogen-bond donors (Lipinski definition) is 0. The summed E-state index contributed by atoms with van der Waals surface area (Å²) < 4.78 is 5.79. The van der Waals surface area contributed by atoms with Gasteiger partial charge in [-0.3, -0.25) is 0 Å². The van der Waals surface area contributed by atoms with Gasteiger partial charge in [0.25, 0.3) is 0 Å². The van der Waals surface area contributed by atoms with Gasteiger partial charge in [-0.1, -0.05) is 12.2 Å². The van der Waals surface area contributed by atoms with Crippen molar-refractivity contribution in [2.45, 2.75) is 26.2 Å². The lowest BCUT2D eigenvalue weighted by Gasteiger charge is -2.23. The number of nitrogens with zero attached hydrogens (tertiary/aromatic N) is 1. The van der Waals surface area contributed by atoms with E-state index in [9.17, 15) is 0 Å². The lowest BCUT2D eigenvalue weighted by molar-refractivity contribution is 0.203. The molecule has 2 aliphatic rings. The van der Waals surface area contributed by atoms with Crippen LogP contribution in [0.1, 0.15) is 26.2 Å². The average Bonchev–Trinajstić information content (AvgIpc) is 2.93. The first kappa shape index (κ1) is 13.0. The maximum absolute atomic E-state index is 5.79. The zero-order valence-electron chi connectivity index (χ0n) is 11.3. The van der Waals surface area contributed by atoms with Crippen LogP contribution in [0.4, 0.5) is 0 Å². The zero-order valence-corrected chi connectivity index (χ0v) is 11.3. The van der Waals surface area contributed by atoms with Crippen LogP contribution in [0.2, 0.25) is 0 Å². The molecule has 0 bridgehead atoms. The summed E-state index contributed by atoms with van der Waals surface area (Å²) in [5, 5.41) is 0. The molecule has 1 saturated carbocycles. The van der Waals surface area contributed by atoms with Gasteiger partial charge in [-0.25, -0.2) is 0 Å². The lowest BCUT2D eigenvalue weighted by Crippen LogP contribution is -2.22. The van der Waals surface area contributed by atoms with Crippen LogP contribution in [-0.2, 0) is 4.74 Å². The molecule has 0 saturated heterocycles. The summed E-state index contributed by atoms with van der Waals surface area (Å²) in [5.41, 5.74) is 2.91. The highest BCUT2D eigenvalue weighted by molar-refractivity contribution is 5.41. The first-order valence-corrected chi connectivity index (χ1v) is 6.86. The van der Waals surface area contributed by atoms with E-state index in [1.807, 2.05) is 12.2 Å². The van der Waals surface area contributed by atoms with Gasteiger partial charge in [-0.15, -0.1) is 13.2 Å². The first-order valence-electron chi connectivity index (χ1n) is 6.86. The van der Waals surface area contributed by atoms with Gasteiger partial charge in [0.05, 0.1) is 6.61 Å². The van der Waals surface area contributed by atoms with Crippen LogP contribution in [0.3, 0.4) is 0 Å². The highest BCUT2D eigenvalue weighted by atomic mass is 16.5. The minimum atomic E-state index is 0.539. The summed E-state index contributed by atoms with van der Waals surface area (Å²) in [6, 6.07) is 0. The van der Waals surface area contributed by atoms with Crippen molar-refractivity contribution in [3.8, 4) is 0 Å². The first-order chi connectivity index (χ1) is 8.81. The third kappa shape index (κ3) is 2.38. The Kier molecular flexibility index (Phi) is 4.29. The van der Waals surface area contributed by atoms with Crippen molar-refractivity contribution < 1.29 is 4.74 Å². The van der Waals surface area contributed by atoms with Gasteiger partial charge >= 0.3 is 0 Å². The maximum Gasteiger partial charge on any atom is 0.105 e. The summed E-state index contributed by atoms with van der Waals surface area (Å²) in [6.45, 7) is 12.2. The second-order valence-electron chi connectivity index (χ2n) is 4.82. The minimum Gasteiger partial charge on any atom is -0.498 e. The molecule has 0 N–H and O–H groups in total. The number of fused-ring (bicyclic) bond motifs is 1. The van der Waals surface area contributed by atoms with Gasteiger partial charge in [0.1, 0.15) is 5.76 Å². The van der Waals surface area contributed by atoms with Gasteiger partial charge in [0, 0.05) is 24.7 Å². The summed E-state index contributed by atoms with van der Waals surface area (Å²) >= 11 is 0. The molecule has 1 fully saturated rings. The van der Waals surface area contributed by atoms with E-state index < -0.39 is 0 Å². The Balaban J connectivity index is 2.24. The molecule has 0 aromatic rings. The van der Waals surface area contributed by atoms with Crippen LogP contribution in [0.15, 0.2) is 48.4 Å². The van der Waals surface area contributed by atoms with Crippen LogP contribution in [0.5, 0.6) is 0 Å². The Labute approximate surface area is 110 Å². The predicted octanol–water partition coefficient (Wildman–Crippen LogP) is 3.65. The molecule has 18 heavy (non-hydrogen) atoms. The zero-order chi connectivity index (χ0) is 13.0. The van der Waals surface area contributed by atoms with E-state index in [0.29, 0.717) is 5.92 Å². The van der Waals surface area contributed by atoms with Gasteiger partial charge in [-0.05, 0) is 37.8 Å². The van der Waals surface area contributed by atoms with Crippen LogP contribution in [-0.4, -0.2) is 24.6 Å². The van der Waals surface area contributed by atoms with Gasteiger partial charge < -0.3 is 9.64 Å². The van der Waals surface area contributed by atoms with E-state index in [2.05, 4.69) is 31.1 Å². The fraction of sp³-hybridized carbons (Fsp3) is 0.500. The van der Waals surface area contributed by atoms with E-state index in [4.69, 9.17) is 4.74 Å². The quantitative estimate of drug-likeness (QED) is 0.635. The molecule has 0 spiro atoms. The number of allylic oxidation sites excluding steroid dienone is 2. The summed E-state index contributed by atoms with van der Waals surface area (Å²) in [6.07, 6.45) is 9.86. The monoisotopic (exact) mass is 245 g/mol. The molecule has 0 heterocycles. The fourth-order valence-corrected chi connectivity index (χ4v) is 2.98. The Morgan fingerprint density at radius 2 is 2.11 bits per heavy atom. The molecule has 0 radical (unpaired) electrons. The highest BCUT2D eigenvalue weighted by Gasteiger charge is 2.34. The van der Waals surface area contributed by atoms with Crippen molar-refractivity contribution in [2.24, 2.45) is 5.92 Å². The second kappa shape index (κ2) is 5.94. The van der Waals surface area contributed by atoms with Gasteiger partial charge in [-0.2, -0.15) is 0 Å². The van der Waals surface area contributed by atoms with Crippen LogP contribution in [0.25, 0.3) is 0 Å². The van der Waals surface area contributed by atoms with Crippen molar-refractivity contribution in [1.29, 1.82) is 0 Å². The van der Waals surface area contributed by atoms with Gasteiger partial charge in [0.2, 0.25) is 0 Å². The van der Waals surface area contributed by atoms with Crippen molar-refractivity contribution in [1.82, 2.24) is 4.90 Å². The smallest absolute Gasteiger partial charge is 0.105 e. The van der Waals surface area contributed by atoms with Crippen molar-refractivity contribution in [3.63, 3.8) is 0 Å². The largest absolute Gasteiger partial charge is 0.498 e. The molecular weight excluding hydrogens is 222 g/mol. The Hall–Kier alpha value is -1.44. The third-order valence-electron chi connectivity index (χ3n) is 3.66. The van der Waals surface area contributed by atoms with Crippen molar-refractivity contribution in [3.05, 3.63) is 48.4 Å². The Bertz CT molecular complexity index is 382. The van der Waals surface area contributed by atoms with E-state index >= 15 is 0 Å². The molecular formula is C16H23NO. The lowest BCUT2D eigenvalue weighted by atomic mass is 10.0. The summed E-state index contributed by atoms with van der Waals surface area (Å²) in [4.78, 5) is 2.33. The average molecular weight is 245 g/mol. The van der Waals surface area contributed by atoms with E-state index in [1.54, 1.807) is 5.57 Å². The molecule has 0 unspecified atom stereocenters. The van der Waals surface area contributed by atoms with Crippen molar-refractivity contribution >= 4 is 0 Å². The normalized spacial score (nSPS) is 21.6. The van der Waals surface area contributed by atoms with E-state index in [1.165, 1.54) is 25.0 Å². The Morgan fingerprint density at radius 1 is 1.39 bits per heavy atom. The molecule has 0 amide bonds. The van der Waals surface area contributed by atoms with E-state index in [0.717, 1.165) is 25.5 Å². The molecule has 2 aliphatic carbocycles. The van der Waals surface area contributed by atoms with Crippen molar-refractivity contribution in [2.75, 3.05) is 19.7 Å². The third-order valence-corrected chi connectivity index (χ3v) is 3.66. The number of rotatable bonds is 7.